The number of amides is 2. The summed E-state index contributed by atoms with van der Waals surface area (Å²) in [7, 11) is 1.49. The Hall–Kier alpha value is -3.11. The maximum atomic E-state index is 12.5. The van der Waals surface area contributed by atoms with Crippen LogP contribution in [0.15, 0.2) is 30.9 Å². The van der Waals surface area contributed by atoms with Crippen molar-refractivity contribution in [1.82, 2.24) is 19.4 Å². The lowest BCUT2D eigenvalue weighted by Gasteiger charge is -2.38. The highest BCUT2D eigenvalue weighted by atomic mass is 16.5. The van der Waals surface area contributed by atoms with Gasteiger partial charge in [0, 0.05) is 63.3 Å². The van der Waals surface area contributed by atoms with E-state index in [9.17, 15) is 9.59 Å². The van der Waals surface area contributed by atoms with Gasteiger partial charge in [-0.1, -0.05) is 0 Å². The van der Waals surface area contributed by atoms with Crippen molar-refractivity contribution in [2.24, 2.45) is 11.7 Å². The van der Waals surface area contributed by atoms with Crippen LogP contribution in [-0.2, 0) is 11.2 Å². The van der Waals surface area contributed by atoms with E-state index in [1.54, 1.807) is 30.9 Å². The first kappa shape index (κ1) is 23.1. The van der Waals surface area contributed by atoms with Crippen molar-refractivity contribution >= 4 is 17.6 Å². The van der Waals surface area contributed by atoms with E-state index >= 15 is 0 Å². The van der Waals surface area contributed by atoms with E-state index in [2.05, 4.69) is 9.88 Å². The molecule has 0 aliphatic carbocycles. The Bertz CT molecular complexity index is 972. The monoisotopic (exact) mass is 456 g/mol. The number of hydrogen-bond acceptors (Lipinski definition) is 7. The van der Waals surface area contributed by atoms with Crippen molar-refractivity contribution in [3.8, 4) is 5.75 Å². The normalized spacial score (nSPS) is 20.0. The summed E-state index contributed by atoms with van der Waals surface area (Å²) in [6, 6.07) is 3.35. The lowest BCUT2D eigenvalue weighted by Crippen LogP contribution is -2.47. The molecule has 1 aromatic carbocycles. The van der Waals surface area contributed by atoms with Crippen molar-refractivity contribution in [2.45, 2.75) is 25.4 Å². The van der Waals surface area contributed by atoms with Crippen molar-refractivity contribution in [2.75, 3.05) is 52.2 Å². The van der Waals surface area contributed by atoms with Crippen molar-refractivity contribution < 1.29 is 19.1 Å². The summed E-state index contributed by atoms with van der Waals surface area (Å²) in [6.45, 7) is 4.83. The molecule has 2 aliphatic heterocycles. The number of benzene rings is 1. The van der Waals surface area contributed by atoms with Gasteiger partial charge in [0.15, 0.2) is 0 Å². The minimum absolute atomic E-state index is 0.00945. The molecule has 0 saturated carbocycles. The summed E-state index contributed by atoms with van der Waals surface area (Å²) in [5.74, 6) is 0.382. The van der Waals surface area contributed by atoms with Gasteiger partial charge in [-0.25, -0.2) is 9.78 Å². The van der Waals surface area contributed by atoms with Gasteiger partial charge in [0.2, 0.25) is 0 Å². The van der Waals surface area contributed by atoms with Crippen molar-refractivity contribution in [1.29, 1.82) is 0 Å². The average molecular weight is 457 g/mol. The second kappa shape index (κ2) is 10.2. The minimum Gasteiger partial charge on any atom is -0.496 e. The van der Waals surface area contributed by atoms with E-state index in [-0.39, 0.29) is 12.1 Å². The topological polar surface area (TPSA) is 129 Å². The molecule has 2 aromatic rings. The number of methoxy groups -OCH3 is 1. The number of nitrogens with two attached hydrogens (primary N) is 2. The molecule has 0 spiro atoms. The van der Waals surface area contributed by atoms with Gasteiger partial charge in [-0.3, -0.25) is 14.3 Å². The molecule has 3 heterocycles. The molecule has 178 valence electrons. The van der Waals surface area contributed by atoms with Crippen LogP contribution in [0.4, 0.5) is 10.5 Å². The molecule has 33 heavy (non-hydrogen) atoms. The SMILES string of the molecule is COc1cc(N)c(CC2CN(CC3CCN(C(=O)n4ccnc4)CC3)CCO2)cc1C(N)=O. The summed E-state index contributed by atoms with van der Waals surface area (Å²) in [6.07, 6.45) is 7.40. The number of primary amides is 1. The van der Waals surface area contributed by atoms with Crippen LogP contribution in [0, 0.1) is 5.92 Å². The number of nitrogen functional groups attached to an aromatic ring is 1. The smallest absolute Gasteiger partial charge is 0.329 e. The predicted octanol–water partition coefficient (Wildman–Crippen LogP) is 1.20. The van der Waals surface area contributed by atoms with E-state index < -0.39 is 5.91 Å². The van der Waals surface area contributed by atoms with E-state index in [4.69, 9.17) is 20.9 Å². The number of piperidine rings is 1. The molecule has 1 unspecified atom stereocenters. The molecule has 1 atom stereocenters. The van der Waals surface area contributed by atoms with Crippen LogP contribution < -0.4 is 16.2 Å². The number of anilines is 1. The van der Waals surface area contributed by atoms with Crippen molar-refractivity contribution in [3.63, 3.8) is 0 Å². The van der Waals surface area contributed by atoms with Gasteiger partial charge in [-0.05, 0) is 30.4 Å². The van der Waals surface area contributed by atoms with Crippen LogP contribution in [0.25, 0.3) is 0 Å². The summed E-state index contributed by atoms with van der Waals surface area (Å²) in [5, 5.41) is 0. The van der Waals surface area contributed by atoms with Gasteiger partial charge < -0.3 is 25.8 Å². The fourth-order valence-electron chi connectivity index (χ4n) is 4.70. The molecule has 2 saturated heterocycles. The van der Waals surface area contributed by atoms with Crippen LogP contribution in [0.5, 0.6) is 5.75 Å². The van der Waals surface area contributed by atoms with E-state index in [1.807, 2.05) is 4.90 Å². The van der Waals surface area contributed by atoms with E-state index in [0.29, 0.717) is 35.9 Å². The zero-order valence-electron chi connectivity index (χ0n) is 19.0. The zero-order chi connectivity index (χ0) is 23.4. The largest absolute Gasteiger partial charge is 0.496 e. The number of carbonyl (C=O) groups is 2. The Morgan fingerprint density at radius 1 is 1.24 bits per heavy atom. The number of likely N-dealkylation sites (tertiary alicyclic amines) is 1. The highest BCUT2D eigenvalue weighted by molar-refractivity contribution is 5.96. The molecule has 0 radical (unpaired) electrons. The molecule has 0 bridgehead atoms. The van der Waals surface area contributed by atoms with Crippen LogP contribution >= 0.6 is 0 Å². The highest BCUT2D eigenvalue weighted by Crippen LogP contribution is 2.27. The second-order valence-corrected chi connectivity index (χ2v) is 8.76. The number of rotatable bonds is 6. The Labute approximate surface area is 193 Å². The Kier molecular flexibility index (Phi) is 7.14. The molecular weight excluding hydrogens is 424 g/mol. The first-order chi connectivity index (χ1) is 15.9. The van der Waals surface area contributed by atoms with Gasteiger partial charge >= 0.3 is 6.03 Å². The fourth-order valence-corrected chi connectivity index (χ4v) is 4.70. The van der Waals surface area contributed by atoms with Gasteiger partial charge in [-0.2, -0.15) is 0 Å². The number of morpholine rings is 1. The highest BCUT2D eigenvalue weighted by Gasteiger charge is 2.28. The van der Waals surface area contributed by atoms with Crippen LogP contribution in [0.2, 0.25) is 0 Å². The first-order valence-corrected chi connectivity index (χ1v) is 11.3. The summed E-state index contributed by atoms with van der Waals surface area (Å²) in [5.41, 5.74) is 13.4. The molecule has 1 aromatic heterocycles. The van der Waals surface area contributed by atoms with Gasteiger partial charge in [0.05, 0.1) is 25.4 Å². The van der Waals surface area contributed by atoms with E-state index in [0.717, 1.165) is 51.1 Å². The number of hydrogen-bond donors (Lipinski definition) is 2. The van der Waals surface area contributed by atoms with Crippen LogP contribution in [-0.4, -0.2) is 83.8 Å². The Morgan fingerprint density at radius 3 is 2.70 bits per heavy atom. The van der Waals surface area contributed by atoms with Gasteiger partial charge in [0.1, 0.15) is 12.1 Å². The molecule has 4 rings (SSSR count). The maximum Gasteiger partial charge on any atom is 0.329 e. The van der Waals surface area contributed by atoms with Gasteiger partial charge in [-0.15, -0.1) is 0 Å². The predicted molar refractivity (Wildman–Crippen MR) is 123 cm³/mol. The second-order valence-electron chi connectivity index (χ2n) is 8.76. The van der Waals surface area contributed by atoms with Crippen molar-refractivity contribution in [3.05, 3.63) is 42.0 Å². The standard InChI is InChI=1S/C23H32N6O4/c1-32-21-12-20(24)17(11-19(21)22(25)30)10-18-14-27(8-9-33-18)13-16-2-5-28(6-3-16)23(31)29-7-4-26-15-29/h4,7,11-12,15-16,18H,2-3,5-6,8-10,13-14,24H2,1H3,(H2,25,30). The number of ether oxygens (including phenoxy) is 2. The summed E-state index contributed by atoms with van der Waals surface area (Å²) >= 11 is 0. The Balaban J connectivity index is 1.30. The van der Waals surface area contributed by atoms with E-state index in [1.165, 1.54) is 11.7 Å². The molecular formula is C23H32N6O4. The lowest BCUT2D eigenvalue weighted by molar-refractivity contribution is -0.0342. The van der Waals surface area contributed by atoms with Crippen LogP contribution in [0.1, 0.15) is 28.8 Å². The third-order valence-corrected chi connectivity index (χ3v) is 6.52. The number of nitrogens with zero attached hydrogens (tertiary/aromatic N) is 4. The molecule has 2 amide bonds. The molecule has 4 N–H and O–H groups in total. The quantitative estimate of drug-likeness (QED) is 0.625. The first-order valence-electron chi connectivity index (χ1n) is 11.3. The molecule has 2 fully saturated rings. The number of aromatic nitrogens is 2. The van der Waals surface area contributed by atoms with Gasteiger partial charge in [0.25, 0.3) is 5.91 Å². The molecule has 10 nitrogen and oxygen atoms in total. The minimum atomic E-state index is -0.544. The zero-order valence-corrected chi connectivity index (χ0v) is 19.0. The third-order valence-electron chi connectivity index (χ3n) is 6.52. The summed E-state index contributed by atoms with van der Waals surface area (Å²) in [4.78, 5) is 32.5. The maximum absolute atomic E-state index is 12.5. The number of imidazole rings is 1. The number of carbonyl (C=O) groups excluding carboxylic acids is 2. The lowest BCUT2D eigenvalue weighted by atomic mass is 9.95. The summed E-state index contributed by atoms with van der Waals surface area (Å²) < 4.78 is 12.8. The third kappa shape index (κ3) is 5.45. The van der Waals surface area contributed by atoms with Crippen LogP contribution in [0.3, 0.4) is 0 Å². The average Bonchev–Trinajstić information content (AvgIpc) is 3.35. The fraction of sp³-hybridized carbons (Fsp3) is 0.522. The molecule has 10 heteroatoms. The molecule has 2 aliphatic rings. The Morgan fingerprint density at radius 2 is 2.03 bits per heavy atom.